The molecule has 72 valence electrons. The second kappa shape index (κ2) is 3.94. The van der Waals surface area contributed by atoms with E-state index >= 15 is 0 Å². The smallest absolute Gasteiger partial charge is 0.146 e. The third-order valence-electron chi connectivity index (χ3n) is 2.16. The number of anilines is 1. The third-order valence-corrected chi connectivity index (χ3v) is 3.27. The van der Waals surface area contributed by atoms with Crippen LogP contribution < -0.4 is 5.73 Å². The number of benzene rings is 1. The van der Waals surface area contributed by atoms with Gasteiger partial charge in [0.15, 0.2) is 0 Å². The van der Waals surface area contributed by atoms with Gasteiger partial charge in [0.2, 0.25) is 0 Å². The largest absolute Gasteiger partial charge is 0.423 e. The van der Waals surface area contributed by atoms with Gasteiger partial charge >= 0.3 is 0 Å². The summed E-state index contributed by atoms with van der Waals surface area (Å²) in [6, 6.07) is 7.96. The molecule has 0 aliphatic heterocycles. The van der Waals surface area contributed by atoms with Gasteiger partial charge in [0, 0.05) is 5.69 Å². The lowest BCUT2D eigenvalue weighted by molar-refractivity contribution is 0.124. The molecule has 0 aliphatic rings. The molecular weight excluding hydrogens is 178 g/mol. The monoisotopic (exact) mass is 195 g/mol. The molecule has 0 heterocycles. The van der Waals surface area contributed by atoms with Crippen LogP contribution in [0.3, 0.4) is 0 Å². The van der Waals surface area contributed by atoms with Crippen molar-refractivity contribution < 1.29 is 4.43 Å². The van der Waals surface area contributed by atoms with Gasteiger partial charge in [-0.2, -0.15) is 0 Å². The van der Waals surface area contributed by atoms with Crippen molar-refractivity contribution in [1.29, 1.82) is 0 Å². The lowest BCUT2D eigenvalue weighted by Crippen LogP contribution is -2.26. The maximum absolute atomic E-state index is 5.60. The van der Waals surface area contributed by atoms with E-state index in [1.165, 1.54) is 5.56 Å². The fourth-order valence-electron chi connectivity index (χ4n) is 1.20. The highest BCUT2D eigenvalue weighted by Crippen LogP contribution is 2.16. The van der Waals surface area contributed by atoms with Gasteiger partial charge in [-0.05, 0) is 38.0 Å². The maximum Gasteiger partial charge on any atom is 0.146 e. The summed E-state index contributed by atoms with van der Waals surface area (Å²) in [6.45, 7) is 4.21. The Morgan fingerprint density at radius 3 is 2.31 bits per heavy atom. The van der Waals surface area contributed by atoms with Crippen LogP contribution in [0.1, 0.15) is 19.4 Å². The van der Waals surface area contributed by atoms with E-state index in [1.807, 2.05) is 12.1 Å². The molecule has 0 saturated heterocycles. The first-order chi connectivity index (χ1) is 6.03. The minimum atomic E-state index is -0.0393. The van der Waals surface area contributed by atoms with E-state index in [2.05, 4.69) is 26.0 Å². The zero-order valence-corrected chi connectivity index (χ0v) is 10.5. The molecule has 0 unspecified atom stereocenters. The van der Waals surface area contributed by atoms with Gasteiger partial charge in [0.05, 0.1) is 5.60 Å². The summed E-state index contributed by atoms with van der Waals surface area (Å²) in [6.07, 6.45) is 0.941. The standard InChI is InChI=1S/C10H17NOSi/c1-10(2,12-13)7-8-3-5-9(11)6-4-8/h3-6H,7,11H2,1-2,13H3. The van der Waals surface area contributed by atoms with Crippen molar-refractivity contribution in [3.05, 3.63) is 29.8 Å². The predicted molar refractivity (Wildman–Crippen MR) is 59.7 cm³/mol. The summed E-state index contributed by atoms with van der Waals surface area (Å²) in [7, 11) is 0.782. The molecule has 0 aliphatic carbocycles. The first kappa shape index (κ1) is 10.3. The van der Waals surface area contributed by atoms with E-state index < -0.39 is 0 Å². The summed E-state index contributed by atoms with van der Waals surface area (Å²) < 4.78 is 5.48. The minimum Gasteiger partial charge on any atom is -0.423 e. The summed E-state index contributed by atoms with van der Waals surface area (Å²) in [5, 5.41) is 0. The second-order valence-electron chi connectivity index (χ2n) is 3.88. The molecule has 0 amide bonds. The van der Waals surface area contributed by atoms with Crippen LogP contribution in [0.15, 0.2) is 24.3 Å². The van der Waals surface area contributed by atoms with Gasteiger partial charge in [-0.15, -0.1) is 0 Å². The Morgan fingerprint density at radius 2 is 1.85 bits per heavy atom. The number of hydrogen-bond acceptors (Lipinski definition) is 2. The molecule has 0 aromatic heterocycles. The highest BCUT2D eigenvalue weighted by atomic mass is 28.2. The van der Waals surface area contributed by atoms with Crippen molar-refractivity contribution in [2.75, 3.05) is 5.73 Å². The molecule has 0 radical (unpaired) electrons. The molecule has 2 nitrogen and oxygen atoms in total. The molecular formula is C10H17NOSi. The third kappa shape index (κ3) is 3.20. The average molecular weight is 195 g/mol. The molecule has 1 rings (SSSR count). The molecule has 0 spiro atoms. The molecule has 3 heteroatoms. The second-order valence-corrected chi connectivity index (χ2v) is 4.29. The van der Waals surface area contributed by atoms with Crippen LogP contribution in [-0.4, -0.2) is 16.1 Å². The predicted octanol–water partition coefficient (Wildman–Crippen LogP) is 0.887. The lowest BCUT2D eigenvalue weighted by atomic mass is 9.99. The zero-order chi connectivity index (χ0) is 9.90. The Hall–Kier alpha value is -0.803. The fraction of sp³-hybridized carbons (Fsp3) is 0.400. The summed E-state index contributed by atoms with van der Waals surface area (Å²) in [5.74, 6) is 0. The molecule has 1 aromatic rings. The topological polar surface area (TPSA) is 35.2 Å². The van der Waals surface area contributed by atoms with Gasteiger partial charge in [0.1, 0.15) is 10.5 Å². The van der Waals surface area contributed by atoms with Crippen LogP contribution in [0.4, 0.5) is 5.69 Å². The number of rotatable bonds is 3. The minimum absolute atomic E-state index is 0.0393. The van der Waals surface area contributed by atoms with Gasteiger partial charge in [0.25, 0.3) is 0 Å². The van der Waals surface area contributed by atoms with Crippen LogP contribution in [-0.2, 0) is 10.8 Å². The highest BCUT2D eigenvalue weighted by Gasteiger charge is 2.15. The SMILES string of the molecule is CC(C)(Cc1ccc(N)cc1)O[SiH3]. The van der Waals surface area contributed by atoms with Crippen LogP contribution in [0.5, 0.6) is 0 Å². The Kier molecular flexibility index (Phi) is 3.11. The average Bonchev–Trinajstić information content (AvgIpc) is 2.09. The van der Waals surface area contributed by atoms with Crippen molar-refractivity contribution in [2.45, 2.75) is 25.9 Å². The number of nitrogens with two attached hydrogens (primary N) is 1. The van der Waals surface area contributed by atoms with Crippen LogP contribution in [0, 0.1) is 0 Å². The van der Waals surface area contributed by atoms with Crippen molar-refractivity contribution in [1.82, 2.24) is 0 Å². The molecule has 13 heavy (non-hydrogen) atoms. The van der Waals surface area contributed by atoms with Crippen molar-refractivity contribution in [2.24, 2.45) is 0 Å². The molecule has 0 fully saturated rings. The number of hydrogen-bond donors (Lipinski definition) is 1. The Labute approximate surface area is 82.6 Å². The van der Waals surface area contributed by atoms with Crippen LogP contribution in [0.25, 0.3) is 0 Å². The summed E-state index contributed by atoms with van der Waals surface area (Å²) >= 11 is 0. The van der Waals surface area contributed by atoms with Crippen LogP contribution >= 0.6 is 0 Å². The normalized spacial score (nSPS) is 11.8. The Morgan fingerprint density at radius 1 is 1.31 bits per heavy atom. The van der Waals surface area contributed by atoms with E-state index in [9.17, 15) is 0 Å². The first-order valence-electron chi connectivity index (χ1n) is 4.43. The van der Waals surface area contributed by atoms with Crippen molar-refractivity contribution >= 4 is 16.2 Å². The maximum atomic E-state index is 5.60. The van der Waals surface area contributed by atoms with E-state index in [-0.39, 0.29) is 5.60 Å². The fourth-order valence-corrected chi connectivity index (χ4v) is 1.34. The van der Waals surface area contributed by atoms with Crippen molar-refractivity contribution in [3.63, 3.8) is 0 Å². The zero-order valence-electron chi connectivity index (χ0n) is 8.50. The van der Waals surface area contributed by atoms with Crippen molar-refractivity contribution in [3.8, 4) is 0 Å². The van der Waals surface area contributed by atoms with Gasteiger partial charge < -0.3 is 10.2 Å². The van der Waals surface area contributed by atoms with E-state index in [1.54, 1.807) is 0 Å². The summed E-state index contributed by atoms with van der Waals surface area (Å²) in [5.41, 5.74) is 7.65. The Bertz CT molecular complexity index is 269. The molecule has 0 bridgehead atoms. The summed E-state index contributed by atoms with van der Waals surface area (Å²) in [4.78, 5) is 0. The molecule has 2 N–H and O–H groups in total. The first-order valence-corrected chi connectivity index (χ1v) is 5.25. The van der Waals surface area contributed by atoms with Gasteiger partial charge in [-0.3, -0.25) is 0 Å². The highest BCUT2D eigenvalue weighted by molar-refractivity contribution is 5.98. The quantitative estimate of drug-likeness (QED) is 0.574. The molecule has 0 atom stereocenters. The Balaban J connectivity index is 2.69. The van der Waals surface area contributed by atoms with E-state index in [0.717, 1.165) is 22.6 Å². The lowest BCUT2D eigenvalue weighted by Gasteiger charge is -2.23. The van der Waals surface area contributed by atoms with Gasteiger partial charge in [-0.25, -0.2) is 0 Å². The number of nitrogen functional groups attached to an aromatic ring is 1. The van der Waals surface area contributed by atoms with Crippen LogP contribution in [0.2, 0.25) is 0 Å². The van der Waals surface area contributed by atoms with E-state index in [0.29, 0.717) is 0 Å². The van der Waals surface area contributed by atoms with E-state index in [4.69, 9.17) is 10.2 Å². The molecule has 0 saturated carbocycles. The van der Waals surface area contributed by atoms with Gasteiger partial charge in [-0.1, -0.05) is 12.1 Å². The molecule has 1 aromatic carbocycles.